The highest BCUT2D eigenvalue weighted by atomic mass is 19.1. The fourth-order valence-corrected chi connectivity index (χ4v) is 2.70. The van der Waals surface area contributed by atoms with Crippen LogP contribution in [0.4, 0.5) is 10.1 Å². The summed E-state index contributed by atoms with van der Waals surface area (Å²) in [5.74, 6) is -0.487. The number of nitro benzene ring substituents is 1. The SMILES string of the molecule is O=[N+]([O-])c1ccc(F)cc1CN(CCO)CC1CCCN1. The first kappa shape index (κ1) is 15.8. The predicted molar refractivity (Wildman–Crippen MR) is 76.4 cm³/mol. The van der Waals surface area contributed by atoms with E-state index in [9.17, 15) is 14.5 Å². The Hall–Kier alpha value is -1.57. The van der Waals surface area contributed by atoms with E-state index in [1.54, 1.807) is 0 Å². The summed E-state index contributed by atoms with van der Waals surface area (Å²) in [4.78, 5) is 12.4. The molecule has 1 aliphatic rings. The zero-order valence-corrected chi connectivity index (χ0v) is 11.8. The summed E-state index contributed by atoms with van der Waals surface area (Å²) in [6.45, 7) is 2.29. The summed E-state index contributed by atoms with van der Waals surface area (Å²) in [6, 6.07) is 3.81. The van der Waals surface area contributed by atoms with E-state index in [4.69, 9.17) is 5.11 Å². The highest BCUT2D eigenvalue weighted by Crippen LogP contribution is 2.21. The van der Waals surface area contributed by atoms with Gasteiger partial charge >= 0.3 is 0 Å². The molecule has 1 unspecified atom stereocenters. The molecular weight excluding hydrogens is 277 g/mol. The van der Waals surface area contributed by atoms with Crippen molar-refractivity contribution in [2.24, 2.45) is 0 Å². The normalized spacial score (nSPS) is 18.3. The number of nitrogens with zero attached hydrogens (tertiary/aromatic N) is 2. The number of aliphatic hydroxyl groups excluding tert-OH is 1. The van der Waals surface area contributed by atoms with Crippen molar-refractivity contribution < 1.29 is 14.4 Å². The Bertz CT molecular complexity index is 492. The molecule has 0 spiro atoms. The minimum atomic E-state index is -0.500. The van der Waals surface area contributed by atoms with Gasteiger partial charge in [-0.2, -0.15) is 0 Å². The smallest absolute Gasteiger partial charge is 0.274 e. The van der Waals surface area contributed by atoms with Gasteiger partial charge in [0.05, 0.1) is 11.5 Å². The number of aliphatic hydroxyl groups is 1. The Balaban J connectivity index is 2.11. The second kappa shape index (κ2) is 7.44. The molecule has 2 rings (SSSR count). The zero-order valence-electron chi connectivity index (χ0n) is 11.8. The largest absolute Gasteiger partial charge is 0.395 e. The fourth-order valence-electron chi connectivity index (χ4n) is 2.70. The van der Waals surface area contributed by atoms with E-state index in [2.05, 4.69) is 5.32 Å². The van der Waals surface area contributed by atoms with Gasteiger partial charge in [0.2, 0.25) is 0 Å². The van der Waals surface area contributed by atoms with E-state index in [-0.39, 0.29) is 18.8 Å². The maximum absolute atomic E-state index is 13.3. The van der Waals surface area contributed by atoms with Crippen molar-refractivity contribution in [1.29, 1.82) is 0 Å². The molecule has 0 bridgehead atoms. The van der Waals surface area contributed by atoms with Crippen molar-refractivity contribution in [1.82, 2.24) is 10.2 Å². The Morgan fingerprint density at radius 1 is 1.52 bits per heavy atom. The minimum Gasteiger partial charge on any atom is -0.395 e. The van der Waals surface area contributed by atoms with Gasteiger partial charge in [-0.05, 0) is 31.5 Å². The molecule has 1 aliphatic heterocycles. The van der Waals surface area contributed by atoms with Crippen LogP contribution in [0.1, 0.15) is 18.4 Å². The first-order chi connectivity index (χ1) is 10.1. The molecule has 21 heavy (non-hydrogen) atoms. The molecule has 0 aromatic heterocycles. The Morgan fingerprint density at radius 2 is 2.33 bits per heavy atom. The van der Waals surface area contributed by atoms with Crippen LogP contribution in [0.2, 0.25) is 0 Å². The molecule has 0 amide bonds. The summed E-state index contributed by atoms with van der Waals surface area (Å²) >= 11 is 0. The van der Waals surface area contributed by atoms with Gasteiger partial charge < -0.3 is 10.4 Å². The fraction of sp³-hybridized carbons (Fsp3) is 0.571. The van der Waals surface area contributed by atoms with Crippen molar-refractivity contribution in [2.75, 3.05) is 26.2 Å². The number of hydrogen-bond acceptors (Lipinski definition) is 5. The minimum absolute atomic E-state index is 0.0319. The van der Waals surface area contributed by atoms with Crippen LogP contribution in [0.5, 0.6) is 0 Å². The topological polar surface area (TPSA) is 78.6 Å². The average Bonchev–Trinajstić information content (AvgIpc) is 2.91. The van der Waals surface area contributed by atoms with Gasteiger partial charge in [0.15, 0.2) is 0 Å². The van der Waals surface area contributed by atoms with Crippen molar-refractivity contribution in [2.45, 2.75) is 25.4 Å². The Kier molecular flexibility index (Phi) is 5.60. The maximum Gasteiger partial charge on any atom is 0.274 e. The molecule has 0 aliphatic carbocycles. The van der Waals surface area contributed by atoms with Gasteiger partial charge in [-0.25, -0.2) is 4.39 Å². The number of hydrogen-bond donors (Lipinski definition) is 2. The van der Waals surface area contributed by atoms with Crippen LogP contribution in [0, 0.1) is 15.9 Å². The molecule has 2 N–H and O–H groups in total. The van der Waals surface area contributed by atoms with E-state index >= 15 is 0 Å². The summed E-state index contributed by atoms with van der Waals surface area (Å²) in [5.41, 5.74) is 0.255. The van der Waals surface area contributed by atoms with Crippen LogP contribution >= 0.6 is 0 Å². The van der Waals surface area contributed by atoms with Crippen molar-refractivity contribution in [3.8, 4) is 0 Å². The monoisotopic (exact) mass is 297 g/mol. The van der Waals surface area contributed by atoms with Crippen LogP contribution in [-0.2, 0) is 6.54 Å². The van der Waals surface area contributed by atoms with E-state index in [1.165, 1.54) is 12.1 Å². The Morgan fingerprint density at radius 3 is 2.95 bits per heavy atom. The molecule has 1 aromatic rings. The molecule has 0 saturated carbocycles. The molecule has 6 nitrogen and oxygen atoms in total. The summed E-state index contributed by atoms with van der Waals surface area (Å²) in [5, 5.41) is 23.5. The molecule has 1 heterocycles. The van der Waals surface area contributed by atoms with Gasteiger partial charge in [-0.1, -0.05) is 0 Å². The molecule has 116 valence electrons. The lowest BCUT2D eigenvalue weighted by Gasteiger charge is -2.24. The molecule has 1 atom stereocenters. The van der Waals surface area contributed by atoms with E-state index in [0.29, 0.717) is 24.7 Å². The number of rotatable bonds is 7. The maximum atomic E-state index is 13.3. The van der Waals surface area contributed by atoms with Crippen molar-refractivity contribution in [3.05, 3.63) is 39.7 Å². The standard InChI is InChI=1S/C14H20FN3O3/c15-12-3-4-14(18(20)21)11(8-12)9-17(6-7-19)10-13-2-1-5-16-13/h3-4,8,13,16,19H,1-2,5-7,9-10H2. The molecule has 0 radical (unpaired) electrons. The zero-order chi connectivity index (χ0) is 15.2. The predicted octanol–water partition coefficient (Wildman–Crippen LogP) is 1.28. The van der Waals surface area contributed by atoms with Crippen LogP contribution in [-0.4, -0.2) is 47.2 Å². The molecular formula is C14H20FN3O3. The van der Waals surface area contributed by atoms with Crippen LogP contribution < -0.4 is 5.32 Å². The molecule has 1 saturated heterocycles. The average molecular weight is 297 g/mol. The van der Waals surface area contributed by atoms with Crippen LogP contribution in [0.15, 0.2) is 18.2 Å². The lowest BCUT2D eigenvalue weighted by molar-refractivity contribution is -0.385. The van der Waals surface area contributed by atoms with Crippen molar-refractivity contribution >= 4 is 5.69 Å². The van der Waals surface area contributed by atoms with E-state index in [0.717, 1.165) is 25.5 Å². The third-order valence-corrected chi connectivity index (χ3v) is 3.69. The summed E-state index contributed by atoms with van der Waals surface area (Å²) in [6.07, 6.45) is 2.16. The van der Waals surface area contributed by atoms with Crippen molar-refractivity contribution in [3.63, 3.8) is 0 Å². The summed E-state index contributed by atoms with van der Waals surface area (Å²) < 4.78 is 13.3. The first-order valence-electron chi connectivity index (χ1n) is 7.09. The van der Waals surface area contributed by atoms with Gasteiger partial charge in [-0.3, -0.25) is 15.0 Å². The number of benzene rings is 1. The van der Waals surface area contributed by atoms with E-state index < -0.39 is 10.7 Å². The Labute approximate surface area is 122 Å². The lowest BCUT2D eigenvalue weighted by atomic mass is 10.1. The molecule has 1 aromatic carbocycles. The third-order valence-electron chi connectivity index (χ3n) is 3.69. The second-order valence-corrected chi connectivity index (χ2v) is 5.28. The number of halogens is 1. The van der Waals surface area contributed by atoms with Gasteiger partial charge in [0.1, 0.15) is 5.82 Å². The quantitative estimate of drug-likeness (QED) is 0.585. The highest BCUT2D eigenvalue weighted by Gasteiger charge is 2.21. The molecule has 1 fully saturated rings. The van der Waals surface area contributed by atoms with Gasteiger partial charge in [0, 0.05) is 37.3 Å². The second-order valence-electron chi connectivity index (χ2n) is 5.28. The van der Waals surface area contributed by atoms with Crippen LogP contribution in [0.25, 0.3) is 0 Å². The van der Waals surface area contributed by atoms with Gasteiger partial charge in [-0.15, -0.1) is 0 Å². The summed E-state index contributed by atoms with van der Waals surface area (Å²) in [7, 11) is 0. The van der Waals surface area contributed by atoms with E-state index in [1.807, 2.05) is 4.90 Å². The highest BCUT2D eigenvalue weighted by molar-refractivity contribution is 5.40. The number of nitro groups is 1. The van der Waals surface area contributed by atoms with Crippen LogP contribution in [0.3, 0.4) is 0 Å². The van der Waals surface area contributed by atoms with Gasteiger partial charge in [0.25, 0.3) is 5.69 Å². The number of nitrogens with one attached hydrogen (secondary N) is 1. The third kappa shape index (κ3) is 4.45. The first-order valence-corrected chi connectivity index (χ1v) is 7.09. The lowest BCUT2D eigenvalue weighted by Crippen LogP contribution is -2.38. The molecule has 7 heteroatoms.